The van der Waals surface area contributed by atoms with E-state index in [4.69, 9.17) is 4.74 Å². The van der Waals surface area contributed by atoms with E-state index in [0.717, 1.165) is 19.1 Å². The summed E-state index contributed by atoms with van der Waals surface area (Å²) in [6, 6.07) is 0. The highest BCUT2D eigenvalue weighted by molar-refractivity contribution is 4.59. The molecule has 1 fully saturated rings. The van der Waals surface area contributed by atoms with Gasteiger partial charge in [0.1, 0.15) is 0 Å². The van der Waals surface area contributed by atoms with Crippen molar-refractivity contribution < 1.29 is 4.74 Å². The van der Waals surface area contributed by atoms with Gasteiger partial charge in [-0.2, -0.15) is 0 Å². The first-order valence-electron chi connectivity index (χ1n) is 3.51. The predicted molar refractivity (Wildman–Crippen MR) is 33.8 cm³/mol. The second kappa shape index (κ2) is 3.08. The Morgan fingerprint density at radius 3 is 2.88 bits per heavy atom. The molecule has 48 valence electrons. The number of rotatable bonds is 1. The maximum Gasteiger partial charge on any atom is 0.0494 e. The molecule has 1 aliphatic rings. The second-order valence-electron chi connectivity index (χ2n) is 2.49. The fraction of sp³-hybridized carbons (Fsp3) is 1.00. The summed E-state index contributed by atoms with van der Waals surface area (Å²) in [5.41, 5.74) is 0. The van der Waals surface area contributed by atoms with E-state index in [2.05, 4.69) is 6.92 Å². The lowest BCUT2D eigenvalue weighted by atomic mass is 10.0. The van der Waals surface area contributed by atoms with Crippen molar-refractivity contribution in [1.29, 1.82) is 0 Å². The van der Waals surface area contributed by atoms with Gasteiger partial charge in [0.05, 0.1) is 0 Å². The van der Waals surface area contributed by atoms with Crippen LogP contribution in [0.2, 0.25) is 0 Å². The van der Waals surface area contributed by atoms with E-state index >= 15 is 0 Å². The average Bonchev–Trinajstić information content (AvgIpc) is 1.90. The van der Waals surface area contributed by atoms with E-state index in [1.807, 2.05) is 0 Å². The van der Waals surface area contributed by atoms with Gasteiger partial charge in [-0.05, 0) is 18.8 Å². The molecule has 0 unspecified atom stereocenters. The van der Waals surface area contributed by atoms with Gasteiger partial charge in [-0.15, -0.1) is 0 Å². The summed E-state index contributed by atoms with van der Waals surface area (Å²) in [5.74, 6) is 0.865. The van der Waals surface area contributed by atoms with Crippen LogP contribution in [0.15, 0.2) is 0 Å². The summed E-state index contributed by atoms with van der Waals surface area (Å²) in [5, 5.41) is 0. The minimum atomic E-state index is 0.865. The zero-order valence-corrected chi connectivity index (χ0v) is 5.52. The zero-order chi connectivity index (χ0) is 5.82. The average molecular weight is 114 g/mol. The third-order valence-corrected chi connectivity index (χ3v) is 1.83. The Balaban J connectivity index is 2.13. The molecule has 0 bridgehead atoms. The predicted octanol–water partition coefficient (Wildman–Crippen LogP) is 1.82. The molecule has 0 radical (unpaired) electrons. The van der Waals surface area contributed by atoms with Crippen LogP contribution in [0.4, 0.5) is 0 Å². The summed E-state index contributed by atoms with van der Waals surface area (Å²) >= 11 is 0. The number of ether oxygens (including phenoxy) is 1. The van der Waals surface area contributed by atoms with Crippen LogP contribution in [0.5, 0.6) is 0 Å². The Morgan fingerprint density at radius 2 is 2.50 bits per heavy atom. The molecule has 1 atom stereocenters. The van der Waals surface area contributed by atoms with Crippen molar-refractivity contribution in [3.63, 3.8) is 0 Å². The summed E-state index contributed by atoms with van der Waals surface area (Å²) in [6.45, 7) is 4.24. The lowest BCUT2D eigenvalue weighted by molar-refractivity contribution is 0.0535. The van der Waals surface area contributed by atoms with Gasteiger partial charge in [-0.1, -0.05) is 13.3 Å². The highest BCUT2D eigenvalue weighted by Crippen LogP contribution is 2.15. The maximum absolute atomic E-state index is 5.27. The minimum absolute atomic E-state index is 0.865. The van der Waals surface area contributed by atoms with Crippen LogP contribution in [0, 0.1) is 5.92 Å². The Morgan fingerprint density at radius 1 is 1.62 bits per heavy atom. The van der Waals surface area contributed by atoms with Gasteiger partial charge in [0.25, 0.3) is 0 Å². The smallest absolute Gasteiger partial charge is 0.0494 e. The first-order chi connectivity index (χ1) is 3.93. The van der Waals surface area contributed by atoms with Crippen molar-refractivity contribution in [3.8, 4) is 0 Å². The first kappa shape index (κ1) is 6.09. The quantitative estimate of drug-likeness (QED) is 0.505. The van der Waals surface area contributed by atoms with Crippen LogP contribution in [0.1, 0.15) is 26.2 Å². The molecule has 0 N–H and O–H groups in total. The summed E-state index contributed by atoms with van der Waals surface area (Å²) < 4.78 is 5.27. The Hall–Kier alpha value is -0.0400. The topological polar surface area (TPSA) is 9.23 Å². The Kier molecular flexibility index (Phi) is 2.34. The van der Waals surface area contributed by atoms with Gasteiger partial charge in [0, 0.05) is 13.2 Å². The van der Waals surface area contributed by atoms with E-state index in [1.54, 1.807) is 0 Å². The fourth-order valence-corrected chi connectivity index (χ4v) is 1.13. The lowest BCUT2D eigenvalue weighted by Gasteiger charge is -2.19. The monoisotopic (exact) mass is 114 g/mol. The SMILES string of the molecule is CC[C@H]1CCCOC1. The summed E-state index contributed by atoms with van der Waals surface area (Å²) in [6.07, 6.45) is 3.95. The van der Waals surface area contributed by atoms with E-state index < -0.39 is 0 Å². The van der Waals surface area contributed by atoms with E-state index in [-0.39, 0.29) is 0 Å². The molecule has 1 heterocycles. The van der Waals surface area contributed by atoms with Crippen LogP contribution >= 0.6 is 0 Å². The second-order valence-corrected chi connectivity index (χ2v) is 2.49. The molecule has 1 aliphatic heterocycles. The van der Waals surface area contributed by atoms with Crippen molar-refractivity contribution in [2.24, 2.45) is 5.92 Å². The van der Waals surface area contributed by atoms with Gasteiger partial charge in [0.2, 0.25) is 0 Å². The molecule has 0 aromatic heterocycles. The van der Waals surface area contributed by atoms with Crippen molar-refractivity contribution in [2.45, 2.75) is 26.2 Å². The molecular weight excluding hydrogens is 100 g/mol. The van der Waals surface area contributed by atoms with Crippen molar-refractivity contribution >= 4 is 0 Å². The molecule has 1 rings (SSSR count). The molecule has 0 aliphatic carbocycles. The van der Waals surface area contributed by atoms with E-state index in [1.165, 1.54) is 19.3 Å². The highest BCUT2D eigenvalue weighted by Gasteiger charge is 2.09. The van der Waals surface area contributed by atoms with Crippen molar-refractivity contribution in [1.82, 2.24) is 0 Å². The molecule has 0 amide bonds. The zero-order valence-electron chi connectivity index (χ0n) is 5.52. The van der Waals surface area contributed by atoms with Crippen LogP contribution in [-0.2, 0) is 4.74 Å². The highest BCUT2D eigenvalue weighted by atomic mass is 16.5. The molecular formula is C7H14O. The van der Waals surface area contributed by atoms with Crippen LogP contribution in [0.3, 0.4) is 0 Å². The molecule has 0 spiro atoms. The van der Waals surface area contributed by atoms with E-state index in [9.17, 15) is 0 Å². The van der Waals surface area contributed by atoms with Crippen molar-refractivity contribution in [2.75, 3.05) is 13.2 Å². The Bertz CT molecular complexity index is 55.4. The first-order valence-corrected chi connectivity index (χ1v) is 3.51. The van der Waals surface area contributed by atoms with Crippen LogP contribution < -0.4 is 0 Å². The van der Waals surface area contributed by atoms with Crippen LogP contribution in [0.25, 0.3) is 0 Å². The van der Waals surface area contributed by atoms with E-state index in [0.29, 0.717) is 0 Å². The summed E-state index contributed by atoms with van der Waals surface area (Å²) in [7, 11) is 0. The molecule has 8 heavy (non-hydrogen) atoms. The third-order valence-electron chi connectivity index (χ3n) is 1.83. The molecule has 1 saturated heterocycles. The largest absolute Gasteiger partial charge is 0.381 e. The molecule has 0 aromatic rings. The van der Waals surface area contributed by atoms with Gasteiger partial charge >= 0.3 is 0 Å². The molecule has 1 nitrogen and oxygen atoms in total. The van der Waals surface area contributed by atoms with Crippen molar-refractivity contribution in [3.05, 3.63) is 0 Å². The maximum atomic E-state index is 5.27. The summed E-state index contributed by atoms with van der Waals surface area (Å²) in [4.78, 5) is 0. The lowest BCUT2D eigenvalue weighted by Crippen LogP contribution is -2.15. The number of hydrogen-bond donors (Lipinski definition) is 0. The van der Waals surface area contributed by atoms with Gasteiger partial charge in [-0.3, -0.25) is 0 Å². The van der Waals surface area contributed by atoms with Gasteiger partial charge in [-0.25, -0.2) is 0 Å². The van der Waals surface area contributed by atoms with Gasteiger partial charge < -0.3 is 4.74 Å². The third kappa shape index (κ3) is 1.48. The minimum Gasteiger partial charge on any atom is -0.381 e. The molecule has 1 heteroatoms. The number of hydrogen-bond acceptors (Lipinski definition) is 1. The molecule has 0 aromatic carbocycles. The standard InChI is InChI=1S/C7H14O/c1-2-7-4-3-5-8-6-7/h7H,2-6H2,1H3/t7-/m0/s1. The Labute approximate surface area is 51.0 Å². The van der Waals surface area contributed by atoms with Crippen LogP contribution in [-0.4, -0.2) is 13.2 Å². The fourth-order valence-electron chi connectivity index (χ4n) is 1.13. The molecule has 0 saturated carbocycles. The van der Waals surface area contributed by atoms with Gasteiger partial charge in [0.15, 0.2) is 0 Å². The normalized spacial score (nSPS) is 30.4.